The van der Waals surface area contributed by atoms with E-state index in [2.05, 4.69) is 9.62 Å². The summed E-state index contributed by atoms with van der Waals surface area (Å²) in [7, 11) is -3.85. The first-order valence-electron chi connectivity index (χ1n) is 7.70. The summed E-state index contributed by atoms with van der Waals surface area (Å²) in [5.74, 6) is 0. The van der Waals surface area contributed by atoms with E-state index in [4.69, 9.17) is 4.74 Å². The average molecular weight is 364 g/mol. The lowest BCUT2D eigenvalue weighted by Gasteiger charge is -2.33. The van der Waals surface area contributed by atoms with Crippen LogP contribution in [0.15, 0.2) is 29.2 Å². The van der Waals surface area contributed by atoms with Crippen molar-refractivity contribution in [1.82, 2.24) is 9.62 Å². The lowest BCUT2D eigenvalue weighted by molar-refractivity contribution is -0.137. The third-order valence-electron chi connectivity index (χ3n) is 4.41. The third-order valence-corrected chi connectivity index (χ3v) is 5.94. The molecule has 0 aliphatic carbocycles. The van der Waals surface area contributed by atoms with Crippen molar-refractivity contribution >= 4 is 10.0 Å². The Bertz CT molecular complexity index is 691. The minimum Gasteiger partial charge on any atom is -0.376 e. The van der Waals surface area contributed by atoms with Gasteiger partial charge in [-0.25, -0.2) is 13.1 Å². The number of alkyl halides is 3. The Kier molecular flexibility index (Phi) is 4.63. The molecule has 0 radical (unpaired) electrons. The number of hydrogen-bond donors (Lipinski definition) is 1. The summed E-state index contributed by atoms with van der Waals surface area (Å²) in [6, 6.07) is 3.44. The van der Waals surface area contributed by atoms with Crippen LogP contribution in [0.3, 0.4) is 0 Å². The van der Waals surface area contributed by atoms with Gasteiger partial charge in [-0.15, -0.1) is 0 Å². The summed E-state index contributed by atoms with van der Waals surface area (Å²) in [5.41, 5.74) is -0.870. The van der Waals surface area contributed by atoms with Crippen molar-refractivity contribution in [2.45, 2.75) is 42.6 Å². The Morgan fingerprint density at radius 3 is 2.50 bits per heavy atom. The summed E-state index contributed by atoms with van der Waals surface area (Å²) >= 11 is 0. The molecule has 0 bridgehead atoms. The molecule has 2 heterocycles. The van der Waals surface area contributed by atoms with Gasteiger partial charge >= 0.3 is 6.18 Å². The molecule has 2 fully saturated rings. The van der Waals surface area contributed by atoms with E-state index in [1.165, 1.54) is 0 Å². The van der Waals surface area contributed by atoms with Crippen LogP contribution >= 0.6 is 0 Å². The molecule has 1 aromatic carbocycles. The van der Waals surface area contributed by atoms with Crippen LogP contribution in [-0.2, 0) is 20.9 Å². The number of benzene rings is 1. The molecule has 3 atom stereocenters. The zero-order valence-corrected chi connectivity index (χ0v) is 13.9. The molecule has 0 aromatic heterocycles. The van der Waals surface area contributed by atoms with Gasteiger partial charge in [0.25, 0.3) is 0 Å². The number of rotatable bonds is 3. The van der Waals surface area contributed by atoms with Crippen molar-refractivity contribution in [2.75, 3.05) is 19.7 Å². The number of morpholine rings is 1. The van der Waals surface area contributed by atoms with Crippen LogP contribution in [0.2, 0.25) is 0 Å². The second-order valence-electron chi connectivity index (χ2n) is 6.33. The van der Waals surface area contributed by atoms with Crippen molar-refractivity contribution in [3.8, 4) is 0 Å². The maximum atomic E-state index is 12.6. The van der Waals surface area contributed by atoms with Crippen LogP contribution in [0, 0.1) is 0 Å². The SMILES string of the molecule is C[C@H]1CN2C[C@H](NS(=O)(=O)c3ccc(C(F)(F)F)cc3)C[C@H]2CO1. The number of halogens is 3. The highest BCUT2D eigenvalue weighted by Crippen LogP contribution is 2.30. The van der Waals surface area contributed by atoms with Gasteiger partial charge in [0, 0.05) is 25.2 Å². The van der Waals surface area contributed by atoms with E-state index in [0.29, 0.717) is 19.6 Å². The molecule has 1 aromatic rings. The summed E-state index contributed by atoms with van der Waals surface area (Å²) in [6.45, 7) is 3.87. The minimum absolute atomic E-state index is 0.117. The number of nitrogens with one attached hydrogen (secondary N) is 1. The van der Waals surface area contributed by atoms with Crippen LogP contribution in [0.5, 0.6) is 0 Å². The van der Waals surface area contributed by atoms with E-state index < -0.39 is 21.8 Å². The molecule has 2 aliphatic rings. The van der Waals surface area contributed by atoms with E-state index in [1.807, 2.05) is 6.92 Å². The van der Waals surface area contributed by atoms with Crippen molar-refractivity contribution in [1.29, 1.82) is 0 Å². The molecule has 3 rings (SSSR count). The van der Waals surface area contributed by atoms with E-state index in [0.717, 1.165) is 30.8 Å². The number of nitrogens with zero attached hydrogens (tertiary/aromatic N) is 1. The molecular formula is C15H19F3N2O3S. The first-order chi connectivity index (χ1) is 11.1. The molecule has 9 heteroatoms. The first kappa shape index (κ1) is 17.7. The summed E-state index contributed by atoms with van der Waals surface area (Å²) in [6.07, 6.45) is -3.74. The van der Waals surface area contributed by atoms with Gasteiger partial charge in [0.15, 0.2) is 0 Å². The standard InChI is InChI=1S/C15H19F3N2O3S/c1-10-7-20-8-12(6-13(20)9-23-10)19-24(21,22)14-4-2-11(3-5-14)15(16,17)18/h2-5,10,12-13,19H,6-9H2,1H3/t10-,12+,13-/m0/s1. The molecule has 0 spiro atoms. The second kappa shape index (κ2) is 6.29. The number of fused-ring (bicyclic) bond motifs is 1. The van der Waals surface area contributed by atoms with Crippen LogP contribution in [0.4, 0.5) is 13.2 Å². The molecule has 5 nitrogen and oxygen atoms in total. The maximum absolute atomic E-state index is 12.6. The Labute approximate surface area is 138 Å². The van der Waals surface area contributed by atoms with E-state index in [9.17, 15) is 21.6 Å². The van der Waals surface area contributed by atoms with Gasteiger partial charge in [-0.2, -0.15) is 13.2 Å². The Balaban J connectivity index is 1.68. The fourth-order valence-corrected chi connectivity index (χ4v) is 4.48. The predicted octanol–water partition coefficient (Wildman–Crippen LogP) is 1.85. The largest absolute Gasteiger partial charge is 0.416 e. The Hall–Kier alpha value is -1.16. The summed E-state index contributed by atoms with van der Waals surface area (Å²) in [5, 5.41) is 0. The van der Waals surface area contributed by atoms with E-state index >= 15 is 0 Å². The average Bonchev–Trinajstić information content (AvgIpc) is 2.87. The van der Waals surface area contributed by atoms with Crippen molar-refractivity contribution in [3.63, 3.8) is 0 Å². The van der Waals surface area contributed by atoms with Crippen LogP contribution in [-0.4, -0.2) is 51.2 Å². The topological polar surface area (TPSA) is 58.6 Å². The highest BCUT2D eigenvalue weighted by atomic mass is 32.2. The molecule has 2 aliphatic heterocycles. The Morgan fingerprint density at radius 2 is 1.88 bits per heavy atom. The highest BCUT2D eigenvalue weighted by molar-refractivity contribution is 7.89. The zero-order chi connectivity index (χ0) is 17.5. The van der Waals surface area contributed by atoms with Crippen molar-refractivity contribution in [2.24, 2.45) is 0 Å². The minimum atomic E-state index is -4.49. The van der Waals surface area contributed by atoms with Crippen LogP contribution in [0.25, 0.3) is 0 Å². The molecule has 2 saturated heterocycles. The molecule has 134 valence electrons. The first-order valence-corrected chi connectivity index (χ1v) is 9.19. The second-order valence-corrected chi connectivity index (χ2v) is 8.04. The van der Waals surface area contributed by atoms with Crippen molar-refractivity contribution < 1.29 is 26.3 Å². The lowest BCUT2D eigenvalue weighted by atomic mass is 10.2. The molecule has 0 saturated carbocycles. The normalized spacial score (nSPS) is 28.8. The molecular weight excluding hydrogens is 345 g/mol. The van der Waals surface area contributed by atoms with Gasteiger partial charge < -0.3 is 4.74 Å². The highest BCUT2D eigenvalue weighted by Gasteiger charge is 2.38. The Morgan fingerprint density at radius 1 is 1.21 bits per heavy atom. The number of sulfonamides is 1. The van der Waals surface area contributed by atoms with Gasteiger partial charge in [-0.05, 0) is 37.6 Å². The molecule has 0 unspecified atom stereocenters. The predicted molar refractivity (Wildman–Crippen MR) is 80.9 cm³/mol. The number of hydrogen-bond acceptors (Lipinski definition) is 4. The van der Waals surface area contributed by atoms with Gasteiger partial charge in [-0.3, -0.25) is 4.90 Å². The third kappa shape index (κ3) is 3.74. The fraction of sp³-hybridized carbons (Fsp3) is 0.600. The van der Waals surface area contributed by atoms with Crippen LogP contribution < -0.4 is 4.72 Å². The smallest absolute Gasteiger partial charge is 0.376 e. The van der Waals surface area contributed by atoms with E-state index in [1.54, 1.807) is 0 Å². The maximum Gasteiger partial charge on any atom is 0.416 e. The van der Waals surface area contributed by atoms with Gasteiger partial charge in [0.05, 0.1) is 23.2 Å². The van der Waals surface area contributed by atoms with E-state index in [-0.39, 0.29) is 23.1 Å². The van der Waals surface area contributed by atoms with Crippen LogP contribution in [0.1, 0.15) is 18.9 Å². The van der Waals surface area contributed by atoms with Gasteiger partial charge in [0.1, 0.15) is 0 Å². The van der Waals surface area contributed by atoms with Gasteiger partial charge in [0.2, 0.25) is 10.0 Å². The monoisotopic (exact) mass is 364 g/mol. The fourth-order valence-electron chi connectivity index (χ4n) is 3.24. The van der Waals surface area contributed by atoms with Crippen molar-refractivity contribution in [3.05, 3.63) is 29.8 Å². The quantitative estimate of drug-likeness (QED) is 0.889. The summed E-state index contributed by atoms with van der Waals surface area (Å²) in [4.78, 5) is 2.03. The zero-order valence-electron chi connectivity index (χ0n) is 13.1. The molecule has 24 heavy (non-hydrogen) atoms. The number of ether oxygens (including phenoxy) is 1. The molecule has 0 amide bonds. The van der Waals surface area contributed by atoms with Gasteiger partial charge in [-0.1, -0.05) is 0 Å². The summed E-state index contributed by atoms with van der Waals surface area (Å²) < 4.78 is 70.6. The lowest BCUT2D eigenvalue weighted by Crippen LogP contribution is -2.45. The molecule has 1 N–H and O–H groups in total.